The van der Waals surface area contributed by atoms with Crippen LogP contribution in [0.25, 0.3) is 5.65 Å². The Morgan fingerprint density at radius 2 is 2.18 bits per heavy atom. The summed E-state index contributed by atoms with van der Waals surface area (Å²) in [6.07, 6.45) is 2.31. The standard InChI is InChI=1S/C11H8F2N2O2/c12-11(13)6-10(11,9(16)17)7-5-15-4-2-1-3-8(15)14-7/h1-5H,6H2,(H,16,17). The molecule has 17 heavy (non-hydrogen) atoms. The Bertz CT molecular complexity index is 590. The summed E-state index contributed by atoms with van der Waals surface area (Å²) in [5.41, 5.74) is -1.76. The van der Waals surface area contributed by atoms with Gasteiger partial charge in [-0.05, 0) is 12.1 Å². The van der Waals surface area contributed by atoms with Gasteiger partial charge in [-0.25, -0.2) is 13.8 Å². The van der Waals surface area contributed by atoms with Crippen LogP contribution < -0.4 is 0 Å². The second kappa shape index (κ2) is 2.82. The van der Waals surface area contributed by atoms with Crippen molar-refractivity contribution in [1.82, 2.24) is 9.38 Å². The van der Waals surface area contributed by atoms with Crippen LogP contribution in [0.4, 0.5) is 8.78 Å². The van der Waals surface area contributed by atoms with E-state index < -0.39 is 23.7 Å². The Balaban J connectivity index is 2.18. The molecule has 6 heteroatoms. The molecule has 0 aliphatic heterocycles. The van der Waals surface area contributed by atoms with E-state index in [9.17, 15) is 13.6 Å². The molecular weight excluding hydrogens is 230 g/mol. The lowest BCUT2D eigenvalue weighted by Gasteiger charge is -2.06. The van der Waals surface area contributed by atoms with Crippen LogP contribution in [0, 0.1) is 0 Å². The van der Waals surface area contributed by atoms with Gasteiger partial charge in [0.25, 0.3) is 5.92 Å². The summed E-state index contributed by atoms with van der Waals surface area (Å²) in [5.74, 6) is -4.73. The summed E-state index contributed by atoms with van der Waals surface area (Å²) in [5, 5.41) is 8.99. The van der Waals surface area contributed by atoms with E-state index in [2.05, 4.69) is 4.98 Å². The molecular formula is C11H8F2N2O2. The molecule has 0 amide bonds. The van der Waals surface area contributed by atoms with Crippen molar-refractivity contribution in [2.75, 3.05) is 0 Å². The van der Waals surface area contributed by atoms with Gasteiger partial charge < -0.3 is 9.51 Å². The molecule has 0 aromatic carbocycles. The van der Waals surface area contributed by atoms with E-state index in [1.807, 2.05) is 0 Å². The first kappa shape index (κ1) is 10.2. The first-order chi connectivity index (χ1) is 7.97. The zero-order valence-corrected chi connectivity index (χ0v) is 8.60. The predicted octanol–water partition coefficient (Wildman–Crippen LogP) is 1.70. The lowest BCUT2D eigenvalue weighted by molar-refractivity contribution is -0.143. The summed E-state index contributed by atoms with van der Waals surface area (Å²) in [4.78, 5) is 15.0. The van der Waals surface area contributed by atoms with E-state index >= 15 is 0 Å². The number of halogens is 2. The van der Waals surface area contributed by atoms with Crippen LogP contribution in [0.2, 0.25) is 0 Å². The fraction of sp³-hybridized carbons (Fsp3) is 0.273. The molecule has 4 nitrogen and oxygen atoms in total. The summed E-state index contributed by atoms with van der Waals surface area (Å²) in [7, 11) is 0. The second-order valence-electron chi connectivity index (χ2n) is 4.18. The molecule has 1 aliphatic rings. The van der Waals surface area contributed by atoms with E-state index in [1.54, 1.807) is 24.4 Å². The van der Waals surface area contributed by atoms with Gasteiger partial charge in [-0.1, -0.05) is 6.07 Å². The first-order valence-electron chi connectivity index (χ1n) is 5.03. The maximum atomic E-state index is 13.3. The van der Waals surface area contributed by atoms with Gasteiger partial charge in [-0.15, -0.1) is 0 Å². The molecule has 1 unspecified atom stereocenters. The number of alkyl halides is 2. The van der Waals surface area contributed by atoms with E-state index in [4.69, 9.17) is 5.11 Å². The number of aromatic nitrogens is 2. The third-order valence-electron chi connectivity index (χ3n) is 3.15. The minimum atomic E-state index is -3.21. The quantitative estimate of drug-likeness (QED) is 0.866. The zero-order valence-electron chi connectivity index (χ0n) is 8.60. The highest BCUT2D eigenvalue weighted by Crippen LogP contribution is 2.61. The molecule has 0 bridgehead atoms. The highest BCUT2D eigenvalue weighted by atomic mass is 19.3. The number of hydrogen-bond acceptors (Lipinski definition) is 2. The lowest BCUT2D eigenvalue weighted by atomic mass is 10.0. The maximum absolute atomic E-state index is 13.3. The van der Waals surface area contributed by atoms with Gasteiger partial charge in [0, 0.05) is 18.8 Å². The average molecular weight is 238 g/mol. The summed E-state index contributed by atoms with van der Waals surface area (Å²) in [6, 6.07) is 5.07. The van der Waals surface area contributed by atoms with Gasteiger partial charge in [0.1, 0.15) is 5.65 Å². The fourth-order valence-corrected chi connectivity index (χ4v) is 2.05. The number of pyridine rings is 1. The van der Waals surface area contributed by atoms with E-state index in [0.717, 1.165) is 0 Å². The number of imidazole rings is 1. The molecule has 2 heterocycles. The SMILES string of the molecule is O=C(O)C1(c2cn3ccccc3n2)CC1(F)F. The molecule has 0 radical (unpaired) electrons. The van der Waals surface area contributed by atoms with Gasteiger partial charge in [0.05, 0.1) is 5.69 Å². The zero-order chi connectivity index (χ0) is 12.3. The number of hydrogen-bond donors (Lipinski definition) is 1. The van der Waals surface area contributed by atoms with Gasteiger partial charge >= 0.3 is 5.97 Å². The minimum Gasteiger partial charge on any atom is -0.480 e. The minimum absolute atomic E-state index is 0.0822. The smallest absolute Gasteiger partial charge is 0.322 e. The maximum Gasteiger partial charge on any atom is 0.322 e. The van der Waals surface area contributed by atoms with Gasteiger partial charge in [0.15, 0.2) is 5.41 Å². The number of carbonyl (C=O) groups is 1. The highest BCUT2D eigenvalue weighted by molar-refractivity contribution is 5.87. The molecule has 1 saturated carbocycles. The largest absolute Gasteiger partial charge is 0.480 e. The topological polar surface area (TPSA) is 54.6 Å². The molecule has 3 rings (SSSR count). The third-order valence-corrected chi connectivity index (χ3v) is 3.15. The monoisotopic (exact) mass is 238 g/mol. The van der Waals surface area contributed by atoms with Crippen LogP contribution in [-0.2, 0) is 10.2 Å². The number of aliphatic carboxylic acids is 1. The number of carboxylic acids is 1. The van der Waals surface area contributed by atoms with Crippen molar-refractivity contribution in [3.8, 4) is 0 Å². The normalized spacial score (nSPS) is 26.0. The van der Waals surface area contributed by atoms with Crippen LogP contribution in [0.5, 0.6) is 0 Å². The Labute approximate surface area is 94.5 Å². The van der Waals surface area contributed by atoms with Gasteiger partial charge in [-0.3, -0.25) is 4.79 Å². The number of nitrogens with zero attached hydrogens (tertiary/aromatic N) is 2. The van der Waals surface area contributed by atoms with Crippen LogP contribution in [0.15, 0.2) is 30.6 Å². The number of rotatable bonds is 2. The predicted molar refractivity (Wildman–Crippen MR) is 54.1 cm³/mol. The molecule has 2 aromatic rings. The van der Waals surface area contributed by atoms with Crippen LogP contribution >= 0.6 is 0 Å². The van der Waals surface area contributed by atoms with E-state index in [0.29, 0.717) is 5.65 Å². The fourth-order valence-electron chi connectivity index (χ4n) is 2.05. The average Bonchev–Trinajstić information content (AvgIpc) is 2.69. The molecule has 88 valence electrons. The Morgan fingerprint density at radius 3 is 2.71 bits per heavy atom. The Hall–Kier alpha value is -1.98. The summed E-state index contributed by atoms with van der Waals surface area (Å²) >= 11 is 0. The van der Waals surface area contributed by atoms with Crippen molar-refractivity contribution < 1.29 is 18.7 Å². The number of fused-ring (bicyclic) bond motifs is 1. The lowest BCUT2D eigenvalue weighted by Crippen LogP contribution is -2.27. The molecule has 1 fully saturated rings. The van der Waals surface area contributed by atoms with Crippen molar-refractivity contribution in [2.24, 2.45) is 0 Å². The summed E-state index contributed by atoms with van der Waals surface area (Å²) in [6.45, 7) is 0. The first-order valence-corrected chi connectivity index (χ1v) is 5.03. The number of carboxylic acid groups (broad SMARTS) is 1. The Morgan fingerprint density at radius 1 is 1.47 bits per heavy atom. The van der Waals surface area contributed by atoms with Crippen molar-refractivity contribution in [1.29, 1.82) is 0 Å². The van der Waals surface area contributed by atoms with Crippen molar-refractivity contribution in [3.63, 3.8) is 0 Å². The Kier molecular flexibility index (Phi) is 1.69. The molecule has 1 aliphatic carbocycles. The van der Waals surface area contributed by atoms with Crippen LogP contribution in [-0.4, -0.2) is 26.4 Å². The highest BCUT2D eigenvalue weighted by Gasteiger charge is 2.78. The molecule has 1 atom stereocenters. The summed E-state index contributed by atoms with van der Waals surface area (Å²) < 4.78 is 28.1. The van der Waals surface area contributed by atoms with Crippen LogP contribution in [0.1, 0.15) is 12.1 Å². The van der Waals surface area contributed by atoms with E-state index in [1.165, 1.54) is 10.6 Å². The van der Waals surface area contributed by atoms with Crippen molar-refractivity contribution in [2.45, 2.75) is 17.8 Å². The molecule has 1 N–H and O–H groups in total. The molecule has 0 saturated heterocycles. The molecule has 0 spiro atoms. The second-order valence-corrected chi connectivity index (χ2v) is 4.18. The van der Waals surface area contributed by atoms with Gasteiger partial charge in [0.2, 0.25) is 0 Å². The third kappa shape index (κ3) is 1.15. The van der Waals surface area contributed by atoms with Gasteiger partial charge in [-0.2, -0.15) is 0 Å². The van der Waals surface area contributed by atoms with E-state index in [-0.39, 0.29) is 5.69 Å². The van der Waals surface area contributed by atoms with Crippen molar-refractivity contribution in [3.05, 3.63) is 36.3 Å². The van der Waals surface area contributed by atoms with Crippen molar-refractivity contribution >= 4 is 11.6 Å². The molecule has 2 aromatic heterocycles. The van der Waals surface area contributed by atoms with Crippen LogP contribution in [0.3, 0.4) is 0 Å².